The number of allylic oxidation sites excluding steroid dienone is 2. The van der Waals surface area contributed by atoms with E-state index in [-0.39, 0.29) is 5.91 Å². The number of carboxylic acids is 1. The van der Waals surface area contributed by atoms with Crippen molar-refractivity contribution in [2.24, 2.45) is 0 Å². The first-order valence-electron chi connectivity index (χ1n) is 7.16. The molecule has 1 aliphatic rings. The second kappa shape index (κ2) is 7.84. The molecule has 0 saturated carbocycles. The van der Waals surface area contributed by atoms with E-state index in [9.17, 15) is 9.59 Å². The van der Waals surface area contributed by atoms with E-state index in [1.165, 1.54) is 12.2 Å². The minimum Gasteiger partial charge on any atom is -0.478 e. The molecule has 0 fully saturated rings. The van der Waals surface area contributed by atoms with Crippen LogP contribution in [0.4, 0.5) is 0 Å². The van der Waals surface area contributed by atoms with Crippen molar-refractivity contribution in [1.82, 2.24) is 5.32 Å². The standard InChI is InChI=1S/C18H17NO3/c20-17(13-7-4-10-14-8-2-1-3-9-14)19-16-12-6-5-11-15(16)18(21)22/h1-3,7-9,13H,5-6,11-12H2,(H,19,20)(H,21,22)/b13-7+. The Bertz CT molecular complexity index is 675. The predicted molar refractivity (Wildman–Crippen MR) is 83.7 cm³/mol. The molecule has 0 heterocycles. The van der Waals surface area contributed by atoms with Gasteiger partial charge in [0.2, 0.25) is 5.91 Å². The van der Waals surface area contributed by atoms with Crippen LogP contribution >= 0.6 is 0 Å². The van der Waals surface area contributed by atoms with Crippen molar-refractivity contribution in [1.29, 1.82) is 0 Å². The summed E-state index contributed by atoms with van der Waals surface area (Å²) in [5.74, 6) is 4.38. The minimum absolute atomic E-state index is 0.309. The molecular weight excluding hydrogens is 278 g/mol. The van der Waals surface area contributed by atoms with E-state index in [4.69, 9.17) is 5.11 Å². The molecule has 0 saturated heterocycles. The van der Waals surface area contributed by atoms with Gasteiger partial charge in [0.05, 0.1) is 5.57 Å². The Labute approximate surface area is 129 Å². The summed E-state index contributed by atoms with van der Waals surface area (Å²) in [7, 11) is 0. The molecule has 1 aromatic carbocycles. The number of carboxylic acid groups (broad SMARTS) is 1. The van der Waals surface area contributed by atoms with Crippen LogP contribution < -0.4 is 5.32 Å². The van der Waals surface area contributed by atoms with Gasteiger partial charge in [0.1, 0.15) is 0 Å². The molecule has 1 aromatic rings. The lowest BCUT2D eigenvalue weighted by molar-refractivity contribution is -0.133. The maximum Gasteiger partial charge on any atom is 0.333 e. The summed E-state index contributed by atoms with van der Waals surface area (Å²) in [6.07, 6.45) is 5.62. The molecule has 4 nitrogen and oxygen atoms in total. The van der Waals surface area contributed by atoms with E-state index in [1.54, 1.807) is 0 Å². The fourth-order valence-electron chi connectivity index (χ4n) is 2.23. The van der Waals surface area contributed by atoms with Crippen LogP contribution in [0.5, 0.6) is 0 Å². The lowest BCUT2D eigenvalue weighted by Gasteiger charge is -2.17. The Hall–Kier alpha value is -2.80. The molecule has 22 heavy (non-hydrogen) atoms. The number of amides is 1. The number of hydrogen-bond acceptors (Lipinski definition) is 2. The summed E-state index contributed by atoms with van der Waals surface area (Å²) in [6, 6.07) is 9.46. The second-order valence-electron chi connectivity index (χ2n) is 4.93. The van der Waals surface area contributed by atoms with E-state index in [1.807, 2.05) is 30.3 Å². The first kappa shape index (κ1) is 15.6. The van der Waals surface area contributed by atoms with Gasteiger partial charge in [-0.2, -0.15) is 0 Å². The number of nitrogens with one attached hydrogen (secondary N) is 1. The van der Waals surface area contributed by atoms with Gasteiger partial charge in [0.25, 0.3) is 0 Å². The zero-order chi connectivity index (χ0) is 15.8. The number of hydrogen-bond donors (Lipinski definition) is 2. The lowest BCUT2D eigenvalue weighted by Crippen LogP contribution is -2.25. The third-order valence-electron chi connectivity index (χ3n) is 3.31. The zero-order valence-corrected chi connectivity index (χ0v) is 12.1. The average Bonchev–Trinajstić information content (AvgIpc) is 2.53. The highest BCUT2D eigenvalue weighted by Gasteiger charge is 2.19. The van der Waals surface area contributed by atoms with Crippen molar-refractivity contribution >= 4 is 11.9 Å². The highest BCUT2D eigenvalue weighted by atomic mass is 16.4. The van der Waals surface area contributed by atoms with Crippen LogP contribution in [0.2, 0.25) is 0 Å². The third kappa shape index (κ3) is 4.64. The zero-order valence-electron chi connectivity index (χ0n) is 12.1. The van der Waals surface area contributed by atoms with Gasteiger partial charge in [-0.1, -0.05) is 30.0 Å². The van der Waals surface area contributed by atoms with Crippen molar-refractivity contribution in [2.45, 2.75) is 25.7 Å². The van der Waals surface area contributed by atoms with Gasteiger partial charge >= 0.3 is 5.97 Å². The van der Waals surface area contributed by atoms with Crippen LogP contribution in [-0.4, -0.2) is 17.0 Å². The summed E-state index contributed by atoms with van der Waals surface area (Å²) in [6.45, 7) is 0. The molecule has 112 valence electrons. The lowest BCUT2D eigenvalue weighted by atomic mass is 9.96. The fourth-order valence-corrected chi connectivity index (χ4v) is 2.23. The Balaban J connectivity index is 1.97. The molecule has 0 atom stereocenters. The molecule has 1 aliphatic carbocycles. The SMILES string of the molecule is O=C(/C=C/C#Cc1ccccc1)NC1=C(C(=O)O)CCCC1. The average molecular weight is 295 g/mol. The van der Waals surface area contributed by atoms with E-state index in [0.717, 1.165) is 18.4 Å². The molecule has 0 bridgehead atoms. The van der Waals surface area contributed by atoms with Crippen LogP contribution in [0.1, 0.15) is 31.2 Å². The Kier molecular flexibility index (Phi) is 5.56. The van der Waals surface area contributed by atoms with E-state index in [0.29, 0.717) is 24.1 Å². The molecule has 2 N–H and O–H groups in total. The van der Waals surface area contributed by atoms with Gasteiger partial charge < -0.3 is 10.4 Å². The summed E-state index contributed by atoms with van der Waals surface area (Å²) in [4.78, 5) is 22.9. The van der Waals surface area contributed by atoms with Crippen LogP contribution in [0.25, 0.3) is 0 Å². The van der Waals surface area contributed by atoms with Crippen molar-refractivity contribution < 1.29 is 14.7 Å². The molecule has 2 rings (SSSR count). The molecule has 1 amide bonds. The molecule has 0 spiro atoms. The number of carbonyl (C=O) groups excluding carboxylic acids is 1. The number of rotatable bonds is 3. The second-order valence-corrected chi connectivity index (χ2v) is 4.93. The van der Waals surface area contributed by atoms with Crippen LogP contribution in [0.15, 0.2) is 53.8 Å². The first-order valence-corrected chi connectivity index (χ1v) is 7.16. The van der Waals surface area contributed by atoms with Crippen molar-refractivity contribution in [3.05, 3.63) is 59.3 Å². The van der Waals surface area contributed by atoms with E-state index in [2.05, 4.69) is 17.2 Å². The Morgan fingerprint density at radius 3 is 2.59 bits per heavy atom. The molecular formula is C18H17NO3. The number of carbonyl (C=O) groups is 2. The number of benzene rings is 1. The molecule has 0 unspecified atom stereocenters. The summed E-state index contributed by atoms with van der Waals surface area (Å²) >= 11 is 0. The van der Waals surface area contributed by atoms with E-state index >= 15 is 0 Å². The minimum atomic E-state index is -0.956. The highest BCUT2D eigenvalue weighted by molar-refractivity contribution is 5.92. The smallest absolute Gasteiger partial charge is 0.333 e. The normalized spacial score (nSPS) is 14.4. The monoisotopic (exact) mass is 295 g/mol. The van der Waals surface area contributed by atoms with Crippen LogP contribution in [0.3, 0.4) is 0 Å². The molecule has 4 heteroatoms. The molecule has 0 radical (unpaired) electrons. The third-order valence-corrected chi connectivity index (χ3v) is 3.31. The van der Waals surface area contributed by atoms with Crippen molar-refractivity contribution in [3.63, 3.8) is 0 Å². The Morgan fingerprint density at radius 2 is 1.86 bits per heavy atom. The predicted octanol–water partition coefficient (Wildman–Crippen LogP) is 2.62. The van der Waals surface area contributed by atoms with Gasteiger partial charge in [-0.25, -0.2) is 4.79 Å². The first-order chi connectivity index (χ1) is 10.7. The number of aliphatic carboxylic acids is 1. The quantitative estimate of drug-likeness (QED) is 0.665. The highest BCUT2D eigenvalue weighted by Crippen LogP contribution is 2.22. The van der Waals surface area contributed by atoms with Crippen LogP contribution in [0, 0.1) is 11.8 Å². The summed E-state index contributed by atoms with van der Waals surface area (Å²) in [5.41, 5.74) is 1.70. The summed E-state index contributed by atoms with van der Waals surface area (Å²) in [5, 5.41) is 11.8. The van der Waals surface area contributed by atoms with Crippen LogP contribution in [-0.2, 0) is 9.59 Å². The van der Waals surface area contributed by atoms with Gasteiger partial charge in [-0.15, -0.1) is 0 Å². The van der Waals surface area contributed by atoms with Gasteiger partial charge in [-0.05, 0) is 43.9 Å². The molecule has 0 aromatic heterocycles. The maximum atomic E-state index is 11.8. The van der Waals surface area contributed by atoms with Crippen molar-refractivity contribution in [2.75, 3.05) is 0 Å². The largest absolute Gasteiger partial charge is 0.478 e. The van der Waals surface area contributed by atoms with E-state index < -0.39 is 5.97 Å². The molecule has 0 aliphatic heterocycles. The van der Waals surface area contributed by atoms with Gasteiger partial charge in [0.15, 0.2) is 0 Å². The van der Waals surface area contributed by atoms with Gasteiger partial charge in [-0.3, -0.25) is 4.79 Å². The van der Waals surface area contributed by atoms with Gasteiger partial charge in [0, 0.05) is 17.3 Å². The van der Waals surface area contributed by atoms with Crippen molar-refractivity contribution in [3.8, 4) is 11.8 Å². The maximum absolute atomic E-state index is 11.8. The Morgan fingerprint density at radius 1 is 1.14 bits per heavy atom. The fraction of sp³-hybridized carbons (Fsp3) is 0.222. The topological polar surface area (TPSA) is 66.4 Å². The summed E-state index contributed by atoms with van der Waals surface area (Å²) < 4.78 is 0.